The molecule has 0 amide bonds. The van der Waals surface area contributed by atoms with Gasteiger partial charge in [0.05, 0.1) is 0 Å². The molecule has 0 radical (unpaired) electrons. The maximum absolute atomic E-state index is 12.2. The van der Waals surface area contributed by atoms with Gasteiger partial charge in [-0.3, -0.25) is 4.79 Å². The van der Waals surface area contributed by atoms with Crippen molar-refractivity contribution in [3.8, 4) is 0 Å². The second-order valence-electron chi connectivity index (χ2n) is 4.89. The summed E-state index contributed by atoms with van der Waals surface area (Å²) in [6.07, 6.45) is 2.42. The van der Waals surface area contributed by atoms with Crippen molar-refractivity contribution < 1.29 is 5.11 Å². The van der Waals surface area contributed by atoms with Gasteiger partial charge in [0.1, 0.15) is 0 Å². The Hall–Kier alpha value is -1.61. The van der Waals surface area contributed by atoms with Gasteiger partial charge in [0.25, 0.3) is 5.56 Å². The van der Waals surface area contributed by atoms with Crippen LogP contribution in [-0.4, -0.2) is 16.3 Å². The molecule has 0 bridgehead atoms. The number of nitrogens with zero attached hydrogens (tertiary/aromatic N) is 1. The number of benzene rings is 1. The molecule has 0 fully saturated rings. The van der Waals surface area contributed by atoms with Gasteiger partial charge in [0.2, 0.25) is 0 Å². The highest BCUT2D eigenvalue weighted by Gasteiger charge is 2.05. The van der Waals surface area contributed by atoms with Gasteiger partial charge in [0, 0.05) is 24.7 Å². The predicted octanol–water partition coefficient (Wildman–Crippen LogP) is 2.51. The zero-order valence-electron chi connectivity index (χ0n) is 10.9. The fraction of sp³-hybridized carbons (Fsp3) is 0.400. The van der Waals surface area contributed by atoms with E-state index in [2.05, 4.69) is 19.9 Å². The van der Waals surface area contributed by atoms with Gasteiger partial charge in [-0.05, 0) is 35.4 Å². The van der Waals surface area contributed by atoms with E-state index in [1.54, 1.807) is 4.57 Å². The molecule has 96 valence electrons. The van der Waals surface area contributed by atoms with E-state index in [1.165, 1.54) is 5.56 Å². The number of aromatic nitrogens is 1. The van der Waals surface area contributed by atoms with E-state index in [0.717, 1.165) is 10.8 Å². The van der Waals surface area contributed by atoms with Crippen molar-refractivity contribution >= 4 is 10.8 Å². The van der Waals surface area contributed by atoms with Crippen LogP contribution in [0.5, 0.6) is 0 Å². The first kappa shape index (κ1) is 12.8. The number of aliphatic hydroxyl groups excluding tert-OH is 1. The quantitative estimate of drug-likeness (QED) is 0.899. The van der Waals surface area contributed by atoms with Crippen LogP contribution in [0.15, 0.2) is 35.3 Å². The van der Waals surface area contributed by atoms with E-state index in [1.807, 2.05) is 24.4 Å². The zero-order chi connectivity index (χ0) is 13.1. The lowest BCUT2D eigenvalue weighted by atomic mass is 10.0. The summed E-state index contributed by atoms with van der Waals surface area (Å²) in [5.41, 5.74) is 1.27. The van der Waals surface area contributed by atoms with Gasteiger partial charge in [-0.15, -0.1) is 0 Å². The highest BCUT2D eigenvalue weighted by Crippen LogP contribution is 2.19. The van der Waals surface area contributed by atoms with E-state index in [-0.39, 0.29) is 12.2 Å². The highest BCUT2D eigenvalue weighted by atomic mass is 16.3. The number of aryl methyl sites for hydroxylation is 1. The molecule has 0 aliphatic heterocycles. The lowest BCUT2D eigenvalue weighted by Crippen LogP contribution is -2.20. The largest absolute Gasteiger partial charge is 0.396 e. The summed E-state index contributed by atoms with van der Waals surface area (Å²) in [5.74, 6) is 0.464. The average Bonchev–Trinajstić information content (AvgIpc) is 2.37. The summed E-state index contributed by atoms with van der Waals surface area (Å²) in [7, 11) is 0. The number of pyridine rings is 1. The third-order valence-corrected chi connectivity index (χ3v) is 3.22. The minimum Gasteiger partial charge on any atom is -0.396 e. The van der Waals surface area contributed by atoms with Crippen molar-refractivity contribution in [2.45, 2.75) is 32.7 Å². The number of fused-ring (bicyclic) bond motifs is 1. The average molecular weight is 245 g/mol. The van der Waals surface area contributed by atoms with Crippen molar-refractivity contribution in [3.05, 3.63) is 46.4 Å². The Morgan fingerprint density at radius 3 is 2.72 bits per heavy atom. The van der Waals surface area contributed by atoms with Crippen molar-refractivity contribution in [2.24, 2.45) is 0 Å². The third kappa shape index (κ3) is 2.46. The Morgan fingerprint density at radius 2 is 2.06 bits per heavy atom. The smallest absolute Gasteiger partial charge is 0.258 e. The number of hydrogen-bond acceptors (Lipinski definition) is 2. The topological polar surface area (TPSA) is 42.2 Å². The Morgan fingerprint density at radius 1 is 1.28 bits per heavy atom. The lowest BCUT2D eigenvalue weighted by Gasteiger charge is -2.09. The summed E-state index contributed by atoms with van der Waals surface area (Å²) in [6.45, 7) is 4.96. The zero-order valence-corrected chi connectivity index (χ0v) is 10.9. The van der Waals surface area contributed by atoms with E-state index in [9.17, 15) is 4.79 Å². The summed E-state index contributed by atoms with van der Waals surface area (Å²) >= 11 is 0. The second-order valence-corrected chi connectivity index (χ2v) is 4.89. The summed E-state index contributed by atoms with van der Waals surface area (Å²) in [6, 6.07) is 7.98. The number of aliphatic hydroxyl groups is 1. The number of rotatable bonds is 4. The molecule has 0 spiro atoms. The van der Waals surface area contributed by atoms with Crippen LogP contribution >= 0.6 is 0 Å². The number of hydrogen-bond donors (Lipinski definition) is 1. The maximum atomic E-state index is 12.2. The van der Waals surface area contributed by atoms with Crippen LogP contribution in [0.3, 0.4) is 0 Å². The van der Waals surface area contributed by atoms with Gasteiger partial charge in [0.15, 0.2) is 0 Å². The molecule has 18 heavy (non-hydrogen) atoms. The lowest BCUT2D eigenvalue weighted by molar-refractivity contribution is 0.279. The summed E-state index contributed by atoms with van der Waals surface area (Å²) < 4.78 is 1.66. The maximum Gasteiger partial charge on any atom is 0.258 e. The van der Waals surface area contributed by atoms with E-state index < -0.39 is 0 Å². The Bertz CT molecular complexity index is 599. The van der Waals surface area contributed by atoms with E-state index in [4.69, 9.17) is 5.11 Å². The fourth-order valence-corrected chi connectivity index (χ4v) is 2.08. The summed E-state index contributed by atoms with van der Waals surface area (Å²) in [5, 5.41) is 10.6. The molecule has 0 atom stereocenters. The van der Waals surface area contributed by atoms with Crippen LogP contribution in [-0.2, 0) is 6.54 Å². The Kier molecular flexibility index (Phi) is 3.82. The SMILES string of the molecule is CC(C)c1ccc2c(=O)n(CCCO)ccc2c1. The molecule has 1 heterocycles. The highest BCUT2D eigenvalue weighted by molar-refractivity contribution is 5.82. The molecular formula is C15H19NO2. The van der Waals surface area contributed by atoms with Crippen molar-refractivity contribution in [3.63, 3.8) is 0 Å². The first-order chi connectivity index (χ1) is 8.63. The summed E-state index contributed by atoms with van der Waals surface area (Å²) in [4.78, 5) is 12.2. The molecule has 1 aromatic heterocycles. The molecule has 1 N–H and O–H groups in total. The first-order valence-electron chi connectivity index (χ1n) is 6.37. The fourth-order valence-electron chi connectivity index (χ4n) is 2.08. The van der Waals surface area contributed by atoms with Crippen LogP contribution in [0.2, 0.25) is 0 Å². The van der Waals surface area contributed by atoms with Gasteiger partial charge in [-0.2, -0.15) is 0 Å². The molecule has 0 aliphatic rings. The monoisotopic (exact) mass is 245 g/mol. The minimum atomic E-state index is 0.0243. The van der Waals surface area contributed by atoms with Gasteiger partial charge < -0.3 is 9.67 Å². The van der Waals surface area contributed by atoms with E-state index in [0.29, 0.717) is 18.9 Å². The third-order valence-electron chi connectivity index (χ3n) is 3.22. The molecule has 2 aromatic rings. The Labute approximate surface area is 107 Å². The second kappa shape index (κ2) is 5.36. The Balaban J connectivity index is 2.49. The van der Waals surface area contributed by atoms with E-state index >= 15 is 0 Å². The molecule has 3 heteroatoms. The van der Waals surface area contributed by atoms with Crippen LogP contribution in [0, 0.1) is 0 Å². The van der Waals surface area contributed by atoms with Crippen LogP contribution in [0.1, 0.15) is 31.7 Å². The van der Waals surface area contributed by atoms with Crippen molar-refractivity contribution in [1.82, 2.24) is 4.57 Å². The van der Waals surface area contributed by atoms with Crippen LogP contribution < -0.4 is 5.56 Å². The van der Waals surface area contributed by atoms with Crippen LogP contribution in [0.4, 0.5) is 0 Å². The molecule has 0 unspecified atom stereocenters. The molecular weight excluding hydrogens is 226 g/mol. The molecule has 0 saturated carbocycles. The minimum absolute atomic E-state index is 0.0243. The van der Waals surface area contributed by atoms with Crippen molar-refractivity contribution in [2.75, 3.05) is 6.61 Å². The molecule has 0 saturated heterocycles. The van der Waals surface area contributed by atoms with Gasteiger partial charge >= 0.3 is 0 Å². The van der Waals surface area contributed by atoms with Crippen LogP contribution in [0.25, 0.3) is 10.8 Å². The van der Waals surface area contributed by atoms with Gasteiger partial charge in [-0.1, -0.05) is 26.0 Å². The molecule has 3 nitrogen and oxygen atoms in total. The molecule has 1 aromatic carbocycles. The van der Waals surface area contributed by atoms with Gasteiger partial charge in [-0.25, -0.2) is 0 Å². The molecule has 2 rings (SSSR count). The standard InChI is InChI=1S/C15H19NO2/c1-11(2)12-4-5-14-13(10-12)6-8-16(15(14)18)7-3-9-17/h4-6,8,10-11,17H,3,7,9H2,1-2H3. The first-order valence-corrected chi connectivity index (χ1v) is 6.37. The predicted molar refractivity (Wildman–Crippen MR) is 74.0 cm³/mol. The molecule has 0 aliphatic carbocycles. The van der Waals surface area contributed by atoms with Crippen molar-refractivity contribution in [1.29, 1.82) is 0 Å². The normalized spacial score (nSPS) is 11.3.